The molecule has 0 aromatic heterocycles. The molecule has 2 aromatic carbocycles. The van der Waals surface area contributed by atoms with Crippen LogP contribution in [0, 0.1) is 0 Å². The summed E-state index contributed by atoms with van der Waals surface area (Å²) in [5.41, 5.74) is 1.43. The second kappa shape index (κ2) is 7.65. The quantitative estimate of drug-likeness (QED) is 0.531. The molecule has 1 unspecified atom stereocenters. The molecule has 0 aliphatic carbocycles. The van der Waals surface area contributed by atoms with Crippen molar-refractivity contribution in [1.29, 1.82) is 0 Å². The third-order valence-corrected chi connectivity index (χ3v) is 6.84. The lowest BCUT2D eigenvalue weighted by Gasteiger charge is -2.45. The number of Topliss-reactive ketones (excluding diaryl/α,β-unsaturated/α-hetero) is 1. The van der Waals surface area contributed by atoms with Crippen LogP contribution in [0.3, 0.4) is 0 Å². The Bertz CT molecular complexity index is 1120. The average molecular weight is 435 g/mol. The number of ketones is 1. The standard InChI is InChI=1S/C25H25NO6/c1-15(27)26-11-9-25(10-12-26)14-19(28)17-7-8-21-23(24(17)32-25)18(13-22(29)31-21)16-5-3-4-6-20(16)30-2/h3-8,18H,9-14H2,1-2H3. The summed E-state index contributed by atoms with van der Waals surface area (Å²) in [7, 11) is 1.60. The van der Waals surface area contributed by atoms with Crippen molar-refractivity contribution in [3.8, 4) is 17.2 Å². The number of piperidine rings is 1. The second-order valence-corrected chi connectivity index (χ2v) is 8.72. The van der Waals surface area contributed by atoms with Crippen LogP contribution in [0.25, 0.3) is 0 Å². The van der Waals surface area contributed by atoms with E-state index in [1.807, 2.05) is 24.3 Å². The fraction of sp³-hybridized carbons (Fsp3) is 0.400. The van der Waals surface area contributed by atoms with Crippen molar-refractivity contribution in [2.45, 2.75) is 44.1 Å². The van der Waals surface area contributed by atoms with Gasteiger partial charge in [-0.1, -0.05) is 18.2 Å². The number of methoxy groups -OCH3 is 1. The first-order chi connectivity index (χ1) is 15.4. The van der Waals surface area contributed by atoms with Gasteiger partial charge in [0.25, 0.3) is 0 Å². The topological polar surface area (TPSA) is 82.1 Å². The average Bonchev–Trinajstić information content (AvgIpc) is 2.78. The van der Waals surface area contributed by atoms with E-state index < -0.39 is 5.60 Å². The number of fused-ring (bicyclic) bond motifs is 3. The Morgan fingerprint density at radius 3 is 2.59 bits per heavy atom. The molecule has 3 aliphatic rings. The summed E-state index contributed by atoms with van der Waals surface area (Å²) in [4.78, 5) is 39.2. The normalized spacial score (nSPS) is 21.3. The molecule has 0 radical (unpaired) electrons. The number of hydrogen-bond acceptors (Lipinski definition) is 6. The Hall–Kier alpha value is -3.35. The summed E-state index contributed by atoms with van der Waals surface area (Å²) in [6.07, 6.45) is 1.58. The maximum atomic E-state index is 13.2. The van der Waals surface area contributed by atoms with Crippen molar-refractivity contribution < 1.29 is 28.6 Å². The van der Waals surface area contributed by atoms with Gasteiger partial charge in [-0.05, 0) is 18.2 Å². The van der Waals surface area contributed by atoms with Crippen LogP contribution >= 0.6 is 0 Å². The number of carbonyl (C=O) groups is 3. The lowest BCUT2D eigenvalue weighted by molar-refractivity contribution is -0.135. The fourth-order valence-corrected chi connectivity index (χ4v) is 5.13. The molecular weight excluding hydrogens is 410 g/mol. The van der Waals surface area contributed by atoms with Gasteiger partial charge in [0.15, 0.2) is 5.78 Å². The van der Waals surface area contributed by atoms with E-state index >= 15 is 0 Å². The van der Waals surface area contributed by atoms with Crippen molar-refractivity contribution in [2.75, 3.05) is 20.2 Å². The van der Waals surface area contributed by atoms with E-state index in [-0.39, 0.29) is 36.4 Å². The van der Waals surface area contributed by atoms with E-state index in [2.05, 4.69) is 0 Å². The van der Waals surface area contributed by atoms with Crippen LogP contribution in [0.2, 0.25) is 0 Å². The zero-order valence-electron chi connectivity index (χ0n) is 18.2. The van der Waals surface area contributed by atoms with Gasteiger partial charge in [0.1, 0.15) is 22.8 Å². The number of hydrogen-bond donors (Lipinski definition) is 0. The zero-order valence-corrected chi connectivity index (χ0v) is 18.2. The third-order valence-electron chi connectivity index (χ3n) is 6.84. The van der Waals surface area contributed by atoms with Gasteiger partial charge in [-0.3, -0.25) is 14.4 Å². The van der Waals surface area contributed by atoms with E-state index in [9.17, 15) is 14.4 Å². The molecule has 3 aliphatic heterocycles. The van der Waals surface area contributed by atoms with Crippen molar-refractivity contribution in [3.05, 3.63) is 53.1 Å². The van der Waals surface area contributed by atoms with Gasteiger partial charge in [-0.25, -0.2) is 0 Å². The fourth-order valence-electron chi connectivity index (χ4n) is 5.13. The van der Waals surface area contributed by atoms with E-state index in [4.69, 9.17) is 14.2 Å². The molecule has 1 amide bonds. The lowest BCUT2D eigenvalue weighted by atomic mass is 9.79. The summed E-state index contributed by atoms with van der Waals surface area (Å²) in [6.45, 7) is 2.67. The SMILES string of the molecule is COc1ccccc1C1CC(=O)Oc2ccc3c(c21)OC1(CCN(C(C)=O)CC1)CC3=O. The summed E-state index contributed by atoms with van der Waals surface area (Å²) in [5.74, 6) is 0.948. The summed E-state index contributed by atoms with van der Waals surface area (Å²) in [6, 6.07) is 10.9. The molecule has 166 valence electrons. The molecular formula is C25H25NO6. The van der Waals surface area contributed by atoms with Gasteiger partial charge in [0.05, 0.1) is 25.5 Å². The minimum absolute atomic E-state index is 0.0148. The minimum atomic E-state index is -0.655. The van der Waals surface area contributed by atoms with Crippen LogP contribution in [0.1, 0.15) is 60.0 Å². The molecule has 7 nitrogen and oxygen atoms in total. The van der Waals surface area contributed by atoms with E-state index in [0.29, 0.717) is 54.3 Å². The molecule has 1 atom stereocenters. The number of ether oxygens (including phenoxy) is 3. The number of likely N-dealkylation sites (tertiary alicyclic amines) is 1. The molecule has 5 rings (SSSR count). The van der Waals surface area contributed by atoms with Crippen molar-refractivity contribution >= 4 is 17.7 Å². The van der Waals surface area contributed by atoms with Crippen LogP contribution < -0.4 is 14.2 Å². The zero-order chi connectivity index (χ0) is 22.5. The highest BCUT2D eigenvalue weighted by atomic mass is 16.5. The molecule has 0 saturated carbocycles. The van der Waals surface area contributed by atoms with Gasteiger partial charge in [0.2, 0.25) is 5.91 Å². The highest BCUT2D eigenvalue weighted by Gasteiger charge is 2.46. The van der Waals surface area contributed by atoms with Crippen LogP contribution in [0.4, 0.5) is 0 Å². The Labute approximate surface area is 186 Å². The molecule has 7 heteroatoms. The monoisotopic (exact) mass is 435 g/mol. The smallest absolute Gasteiger partial charge is 0.312 e. The molecule has 0 bridgehead atoms. The molecule has 0 N–H and O–H groups in total. The molecule has 32 heavy (non-hydrogen) atoms. The van der Waals surface area contributed by atoms with E-state index in [1.54, 1.807) is 31.1 Å². The van der Waals surface area contributed by atoms with Gasteiger partial charge >= 0.3 is 5.97 Å². The summed E-state index contributed by atoms with van der Waals surface area (Å²) in [5, 5.41) is 0. The van der Waals surface area contributed by atoms with Crippen molar-refractivity contribution in [3.63, 3.8) is 0 Å². The van der Waals surface area contributed by atoms with Crippen molar-refractivity contribution in [1.82, 2.24) is 4.90 Å². The Kier molecular flexibility index (Phi) is 4.92. The molecule has 1 spiro atoms. The maximum Gasteiger partial charge on any atom is 0.312 e. The first kappa shape index (κ1) is 20.5. The minimum Gasteiger partial charge on any atom is -0.496 e. The highest BCUT2D eigenvalue weighted by Crippen LogP contribution is 2.51. The molecule has 1 fully saturated rings. The van der Waals surface area contributed by atoms with E-state index in [1.165, 1.54) is 0 Å². The predicted molar refractivity (Wildman–Crippen MR) is 115 cm³/mol. The van der Waals surface area contributed by atoms with Crippen molar-refractivity contribution in [2.24, 2.45) is 0 Å². The van der Waals surface area contributed by atoms with Crippen LogP contribution in [-0.4, -0.2) is 48.4 Å². The summed E-state index contributed by atoms with van der Waals surface area (Å²) >= 11 is 0. The van der Waals surface area contributed by atoms with Crippen LogP contribution in [0.15, 0.2) is 36.4 Å². The number of benzene rings is 2. The number of carbonyl (C=O) groups excluding carboxylic acids is 3. The lowest BCUT2D eigenvalue weighted by Crippen LogP contribution is -2.52. The largest absolute Gasteiger partial charge is 0.496 e. The van der Waals surface area contributed by atoms with Crippen LogP contribution in [0.5, 0.6) is 17.2 Å². The van der Waals surface area contributed by atoms with Gasteiger partial charge in [0, 0.05) is 49.9 Å². The predicted octanol–water partition coefficient (Wildman–Crippen LogP) is 3.48. The Morgan fingerprint density at radius 2 is 1.88 bits per heavy atom. The first-order valence-corrected chi connectivity index (χ1v) is 10.9. The Morgan fingerprint density at radius 1 is 1.12 bits per heavy atom. The molecule has 1 saturated heterocycles. The van der Waals surface area contributed by atoms with Gasteiger partial charge < -0.3 is 19.1 Å². The number of amides is 1. The molecule has 3 heterocycles. The third kappa shape index (κ3) is 3.32. The first-order valence-electron chi connectivity index (χ1n) is 10.9. The van der Waals surface area contributed by atoms with Gasteiger partial charge in [-0.2, -0.15) is 0 Å². The van der Waals surface area contributed by atoms with E-state index in [0.717, 1.165) is 5.56 Å². The number of nitrogens with zero attached hydrogens (tertiary/aromatic N) is 1. The number of rotatable bonds is 2. The maximum absolute atomic E-state index is 13.2. The number of esters is 1. The van der Waals surface area contributed by atoms with Gasteiger partial charge in [-0.15, -0.1) is 0 Å². The Balaban J connectivity index is 1.60. The summed E-state index contributed by atoms with van der Waals surface area (Å²) < 4.78 is 17.7. The highest BCUT2D eigenvalue weighted by molar-refractivity contribution is 6.01. The molecule has 2 aromatic rings. The second-order valence-electron chi connectivity index (χ2n) is 8.72. The number of para-hydroxylation sites is 1. The van der Waals surface area contributed by atoms with Crippen LogP contribution in [-0.2, 0) is 9.59 Å².